The van der Waals surface area contributed by atoms with E-state index in [0.717, 1.165) is 0 Å². The Bertz CT molecular complexity index is 289. The molecule has 0 aromatic rings. The van der Waals surface area contributed by atoms with Gasteiger partial charge in [-0.05, 0) is 27.7 Å². The second kappa shape index (κ2) is 5.86. The van der Waals surface area contributed by atoms with E-state index in [1.54, 1.807) is 27.7 Å². The zero-order valence-electron chi connectivity index (χ0n) is 11.6. The van der Waals surface area contributed by atoms with Crippen LogP contribution in [0, 0.1) is 0 Å². The molecule has 1 amide bonds. The first-order chi connectivity index (χ1) is 8.23. The Morgan fingerprint density at radius 3 is 2.56 bits per heavy atom. The standard InChI is InChI=1S/C12H23NO5/c1-7-10(14)8(6-9(16-5)17-7)13-11(15)18-12(2,3)4/h7-10,14H,6H2,1-5H3,(H,13,15)/t7-,8?,9?,10?/m0/s1. The van der Waals surface area contributed by atoms with Gasteiger partial charge in [0.2, 0.25) is 0 Å². The van der Waals surface area contributed by atoms with Gasteiger partial charge < -0.3 is 24.6 Å². The highest BCUT2D eigenvalue weighted by molar-refractivity contribution is 5.68. The zero-order valence-corrected chi connectivity index (χ0v) is 11.6. The Morgan fingerprint density at radius 1 is 1.44 bits per heavy atom. The molecule has 1 heterocycles. The number of ether oxygens (including phenoxy) is 3. The molecule has 6 nitrogen and oxygen atoms in total. The highest BCUT2D eigenvalue weighted by Gasteiger charge is 2.36. The summed E-state index contributed by atoms with van der Waals surface area (Å²) in [4.78, 5) is 11.6. The number of carbonyl (C=O) groups is 1. The van der Waals surface area contributed by atoms with Crippen LogP contribution < -0.4 is 5.32 Å². The van der Waals surface area contributed by atoms with Gasteiger partial charge in [-0.2, -0.15) is 0 Å². The van der Waals surface area contributed by atoms with Crippen molar-refractivity contribution in [1.82, 2.24) is 5.32 Å². The fraction of sp³-hybridized carbons (Fsp3) is 0.917. The second-order valence-corrected chi connectivity index (χ2v) is 5.49. The average Bonchev–Trinajstić information content (AvgIpc) is 2.21. The van der Waals surface area contributed by atoms with Crippen LogP contribution in [0.4, 0.5) is 4.79 Å². The summed E-state index contributed by atoms with van der Waals surface area (Å²) >= 11 is 0. The van der Waals surface area contributed by atoms with Crippen LogP contribution >= 0.6 is 0 Å². The van der Waals surface area contributed by atoms with Crippen LogP contribution in [-0.4, -0.2) is 48.5 Å². The first-order valence-corrected chi connectivity index (χ1v) is 6.09. The van der Waals surface area contributed by atoms with Crippen molar-refractivity contribution in [2.45, 2.75) is 64.3 Å². The maximum absolute atomic E-state index is 11.6. The molecule has 1 aliphatic rings. The van der Waals surface area contributed by atoms with Crippen molar-refractivity contribution in [2.24, 2.45) is 0 Å². The van der Waals surface area contributed by atoms with Crippen LogP contribution in [-0.2, 0) is 14.2 Å². The van der Waals surface area contributed by atoms with Gasteiger partial charge in [0.1, 0.15) is 11.7 Å². The quantitative estimate of drug-likeness (QED) is 0.776. The minimum Gasteiger partial charge on any atom is -0.444 e. The summed E-state index contributed by atoms with van der Waals surface area (Å²) in [5.41, 5.74) is -0.563. The predicted molar refractivity (Wildman–Crippen MR) is 65.1 cm³/mol. The number of aliphatic hydroxyl groups is 1. The third-order valence-corrected chi connectivity index (χ3v) is 2.67. The van der Waals surface area contributed by atoms with E-state index in [-0.39, 0.29) is 0 Å². The van der Waals surface area contributed by atoms with Crippen LogP contribution in [0.3, 0.4) is 0 Å². The van der Waals surface area contributed by atoms with E-state index >= 15 is 0 Å². The molecule has 4 atom stereocenters. The summed E-state index contributed by atoms with van der Waals surface area (Å²) in [7, 11) is 1.53. The minimum atomic E-state index is -0.774. The number of alkyl carbamates (subject to hydrolysis) is 1. The molecule has 0 bridgehead atoms. The number of amides is 1. The van der Waals surface area contributed by atoms with E-state index in [1.807, 2.05) is 0 Å². The summed E-state index contributed by atoms with van der Waals surface area (Å²) in [6, 6.07) is -0.437. The highest BCUT2D eigenvalue weighted by atomic mass is 16.7. The lowest BCUT2D eigenvalue weighted by molar-refractivity contribution is -0.214. The number of hydrogen-bond donors (Lipinski definition) is 2. The van der Waals surface area contributed by atoms with Gasteiger partial charge in [0.25, 0.3) is 0 Å². The van der Waals surface area contributed by atoms with E-state index < -0.39 is 36.2 Å². The molecule has 3 unspecified atom stereocenters. The van der Waals surface area contributed by atoms with E-state index in [0.29, 0.717) is 6.42 Å². The first kappa shape index (κ1) is 15.2. The number of carbonyl (C=O) groups excluding carboxylic acids is 1. The molecule has 1 saturated heterocycles. The number of hydrogen-bond acceptors (Lipinski definition) is 5. The maximum Gasteiger partial charge on any atom is 0.407 e. The summed E-state index contributed by atoms with van der Waals surface area (Å²) < 4.78 is 15.6. The largest absolute Gasteiger partial charge is 0.444 e. The SMILES string of the molecule is COC1CC(NC(=O)OC(C)(C)C)C(O)[C@H](C)O1. The number of nitrogens with one attached hydrogen (secondary N) is 1. The van der Waals surface area contributed by atoms with Crippen molar-refractivity contribution >= 4 is 6.09 Å². The predicted octanol–water partition coefficient (Wildman–Crippen LogP) is 1.02. The molecule has 1 fully saturated rings. The molecule has 0 aliphatic carbocycles. The normalized spacial score (nSPS) is 33.0. The number of methoxy groups -OCH3 is 1. The van der Waals surface area contributed by atoms with E-state index in [9.17, 15) is 9.90 Å². The summed E-state index contributed by atoms with van der Waals surface area (Å²) in [6.07, 6.45) is -1.76. The Balaban J connectivity index is 2.56. The smallest absolute Gasteiger partial charge is 0.407 e. The van der Waals surface area contributed by atoms with Crippen LogP contribution in [0.2, 0.25) is 0 Å². The lowest BCUT2D eigenvalue weighted by Gasteiger charge is -2.37. The molecule has 2 N–H and O–H groups in total. The molecule has 18 heavy (non-hydrogen) atoms. The Kier molecular flexibility index (Phi) is 4.95. The van der Waals surface area contributed by atoms with Crippen LogP contribution in [0.15, 0.2) is 0 Å². The molecule has 0 radical (unpaired) electrons. The minimum absolute atomic E-state index is 0.390. The van der Waals surface area contributed by atoms with Gasteiger partial charge in [0.15, 0.2) is 6.29 Å². The Labute approximate surface area is 108 Å². The summed E-state index contributed by atoms with van der Waals surface area (Å²) in [5, 5.41) is 12.6. The van der Waals surface area contributed by atoms with Gasteiger partial charge in [0.05, 0.1) is 12.1 Å². The fourth-order valence-electron chi connectivity index (χ4n) is 1.80. The van der Waals surface area contributed by atoms with Gasteiger partial charge in [0, 0.05) is 13.5 Å². The Hall–Kier alpha value is -0.850. The second-order valence-electron chi connectivity index (χ2n) is 5.49. The lowest BCUT2D eigenvalue weighted by atomic mass is 10.00. The average molecular weight is 261 g/mol. The van der Waals surface area contributed by atoms with E-state index in [4.69, 9.17) is 14.2 Å². The molecule has 0 aromatic carbocycles. The number of aliphatic hydroxyl groups excluding tert-OH is 1. The molecule has 1 rings (SSSR count). The van der Waals surface area contributed by atoms with Gasteiger partial charge in [-0.1, -0.05) is 0 Å². The molecule has 0 aromatic heterocycles. The highest BCUT2D eigenvalue weighted by Crippen LogP contribution is 2.21. The molecular weight excluding hydrogens is 238 g/mol. The first-order valence-electron chi connectivity index (χ1n) is 6.09. The molecule has 0 saturated carbocycles. The van der Waals surface area contributed by atoms with Crippen molar-refractivity contribution in [3.63, 3.8) is 0 Å². The molecule has 0 spiro atoms. The van der Waals surface area contributed by atoms with Crippen molar-refractivity contribution in [3.8, 4) is 0 Å². The van der Waals surface area contributed by atoms with Crippen molar-refractivity contribution in [3.05, 3.63) is 0 Å². The molecular formula is C12H23NO5. The fourth-order valence-corrected chi connectivity index (χ4v) is 1.80. The van der Waals surface area contributed by atoms with E-state index in [2.05, 4.69) is 5.32 Å². The van der Waals surface area contributed by atoms with Gasteiger partial charge in [-0.25, -0.2) is 4.79 Å². The van der Waals surface area contributed by atoms with Crippen molar-refractivity contribution < 1.29 is 24.1 Å². The lowest BCUT2D eigenvalue weighted by Crippen LogP contribution is -2.55. The monoisotopic (exact) mass is 261 g/mol. The maximum atomic E-state index is 11.6. The number of rotatable bonds is 2. The molecule has 6 heteroatoms. The summed E-state index contributed by atoms with van der Waals surface area (Å²) in [5.74, 6) is 0. The Morgan fingerprint density at radius 2 is 2.06 bits per heavy atom. The van der Waals surface area contributed by atoms with Crippen molar-refractivity contribution in [1.29, 1.82) is 0 Å². The van der Waals surface area contributed by atoms with Crippen LogP contribution in [0.25, 0.3) is 0 Å². The van der Waals surface area contributed by atoms with Gasteiger partial charge in [-0.3, -0.25) is 0 Å². The van der Waals surface area contributed by atoms with Crippen molar-refractivity contribution in [2.75, 3.05) is 7.11 Å². The molecule has 106 valence electrons. The van der Waals surface area contributed by atoms with Crippen LogP contribution in [0.5, 0.6) is 0 Å². The van der Waals surface area contributed by atoms with Gasteiger partial charge in [-0.15, -0.1) is 0 Å². The van der Waals surface area contributed by atoms with Gasteiger partial charge >= 0.3 is 6.09 Å². The van der Waals surface area contributed by atoms with E-state index in [1.165, 1.54) is 7.11 Å². The topological polar surface area (TPSA) is 77.0 Å². The third kappa shape index (κ3) is 4.44. The third-order valence-electron chi connectivity index (χ3n) is 2.67. The molecule has 1 aliphatic heterocycles. The summed E-state index contributed by atoms with van der Waals surface area (Å²) in [6.45, 7) is 7.09. The van der Waals surface area contributed by atoms with Crippen LogP contribution in [0.1, 0.15) is 34.1 Å². The zero-order chi connectivity index (χ0) is 13.9.